The molecule has 0 heterocycles. The molecule has 0 fully saturated rings. The third-order valence-electron chi connectivity index (χ3n) is 2.67. The van der Waals surface area contributed by atoms with Gasteiger partial charge < -0.3 is 5.73 Å². The fourth-order valence-corrected chi connectivity index (χ4v) is 4.39. The number of sulfonamides is 1. The summed E-state index contributed by atoms with van der Waals surface area (Å²) >= 11 is 15.2. The Morgan fingerprint density at radius 3 is 2.29 bits per heavy atom. The van der Waals surface area contributed by atoms with Crippen molar-refractivity contribution in [3.8, 4) is 0 Å². The molecule has 0 aliphatic heterocycles. The largest absolute Gasteiger partial charge is 0.398 e. The lowest BCUT2D eigenvalue weighted by Gasteiger charge is -2.12. The minimum Gasteiger partial charge on any atom is -0.398 e. The van der Waals surface area contributed by atoms with Crippen molar-refractivity contribution in [2.45, 2.75) is 5.75 Å². The minimum atomic E-state index is -3.68. The summed E-state index contributed by atoms with van der Waals surface area (Å²) in [5.74, 6) is -0.262. The van der Waals surface area contributed by atoms with Crippen molar-refractivity contribution >= 4 is 60.5 Å². The maximum absolute atomic E-state index is 12.2. The maximum atomic E-state index is 12.2. The Kier molecular flexibility index (Phi) is 5.03. The second kappa shape index (κ2) is 6.44. The van der Waals surface area contributed by atoms with Gasteiger partial charge in [0.1, 0.15) is 0 Å². The molecule has 8 heteroatoms. The zero-order valence-electron chi connectivity index (χ0n) is 10.6. The molecule has 0 atom stereocenters. The number of para-hydroxylation sites is 1. The average Bonchev–Trinajstić information content (AvgIpc) is 2.36. The third kappa shape index (κ3) is 4.26. The molecule has 112 valence electrons. The standard InChI is InChI=1S/C13H11BrCl2N2O2S/c14-9-5-10(15)13(11(16)6-9)18-21(19,20)7-8-3-1-2-4-12(8)17/h1-6,18H,7,17H2. The van der Waals surface area contributed by atoms with Crippen molar-refractivity contribution in [1.29, 1.82) is 0 Å². The molecule has 0 saturated carbocycles. The predicted octanol–water partition coefficient (Wildman–Crippen LogP) is 4.28. The molecular weight excluding hydrogens is 399 g/mol. The van der Waals surface area contributed by atoms with E-state index in [2.05, 4.69) is 20.7 Å². The van der Waals surface area contributed by atoms with Crippen LogP contribution in [-0.4, -0.2) is 8.42 Å². The van der Waals surface area contributed by atoms with Gasteiger partial charge in [-0.15, -0.1) is 0 Å². The highest BCUT2D eigenvalue weighted by atomic mass is 79.9. The lowest BCUT2D eigenvalue weighted by molar-refractivity contribution is 0.600. The van der Waals surface area contributed by atoms with Crippen LogP contribution in [0.4, 0.5) is 11.4 Å². The Morgan fingerprint density at radius 1 is 1.14 bits per heavy atom. The lowest BCUT2D eigenvalue weighted by atomic mass is 10.2. The van der Waals surface area contributed by atoms with Gasteiger partial charge in [-0.2, -0.15) is 0 Å². The molecule has 0 bridgehead atoms. The van der Waals surface area contributed by atoms with Gasteiger partial charge in [0, 0.05) is 10.2 Å². The van der Waals surface area contributed by atoms with Crippen molar-refractivity contribution < 1.29 is 8.42 Å². The Hall–Kier alpha value is -0.950. The van der Waals surface area contributed by atoms with Crippen LogP contribution in [0.15, 0.2) is 40.9 Å². The number of nitrogens with two attached hydrogens (primary N) is 1. The molecule has 2 aromatic rings. The first-order valence-electron chi connectivity index (χ1n) is 5.77. The van der Waals surface area contributed by atoms with Crippen LogP contribution in [0.5, 0.6) is 0 Å². The van der Waals surface area contributed by atoms with E-state index < -0.39 is 10.0 Å². The first kappa shape index (κ1) is 16.4. The number of nitrogen functional groups attached to an aromatic ring is 1. The maximum Gasteiger partial charge on any atom is 0.237 e. The normalized spacial score (nSPS) is 11.4. The number of rotatable bonds is 4. The van der Waals surface area contributed by atoms with Crippen molar-refractivity contribution in [2.75, 3.05) is 10.5 Å². The quantitative estimate of drug-likeness (QED) is 0.740. The number of nitrogens with one attached hydrogen (secondary N) is 1. The van der Waals surface area contributed by atoms with Gasteiger partial charge in [-0.05, 0) is 23.8 Å². The van der Waals surface area contributed by atoms with Crippen LogP contribution >= 0.6 is 39.1 Å². The van der Waals surface area contributed by atoms with E-state index in [1.54, 1.807) is 36.4 Å². The fraction of sp³-hybridized carbons (Fsp3) is 0.0769. The van der Waals surface area contributed by atoms with Crippen molar-refractivity contribution in [3.05, 3.63) is 56.5 Å². The van der Waals surface area contributed by atoms with Crippen molar-refractivity contribution in [1.82, 2.24) is 0 Å². The van der Waals surface area contributed by atoms with E-state index in [4.69, 9.17) is 28.9 Å². The summed E-state index contributed by atoms with van der Waals surface area (Å²) in [6, 6.07) is 9.87. The van der Waals surface area contributed by atoms with Crippen LogP contribution in [0.3, 0.4) is 0 Å². The van der Waals surface area contributed by atoms with E-state index >= 15 is 0 Å². The van der Waals surface area contributed by atoms with Gasteiger partial charge in [-0.3, -0.25) is 4.72 Å². The molecule has 0 radical (unpaired) electrons. The lowest BCUT2D eigenvalue weighted by Crippen LogP contribution is -2.16. The Balaban J connectivity index is 2.29. The van der Waals surface area contributed by atoms with Crippen LogP contribution in [0, 0.1) is 0 Å². The van der Waals surface area contributed by atoms with E-state index in [-0.39, 0.29) is 21.5 Å². The smallest absolute Gasteiger partial charge is 0.237 e. The molecule has 0 spiro atoms. The Labute approximate surface area is 141 Å². The molecule has 21 heavy (non-hydrogen) atoms. The van der Waals surface area contributed by atoms with Crippen molar-refractivity contribution in [2.24, 2.45) is 0 Å². The van der Waals surface area contributed by atoms with Crippen molar-refractivity contribution in [3.63, 3.8) is 0 Å². The second-order valence-corrected chi connectivity index (χ2v) is 7.76. The topological polar surface area (TPSA) is 72.2 Å². The number of halogens is 3. The van der Waals surface area contributed by atoms with E-state index in [9.17, 15) is 8.42 Å². The number of anilines is 2. The van der Waals surface area contributed by atoms with E-state index in [0.717, 1.165) is 0 Å². The number of hydrogen-bond acceptors (Lipinski definition) is 3. The van der Waals surface area contributed by atoms with E-state index in [1.165, 1.54) is 0 Å². The molecule has 0 aromatic heterocycles. The van der Waals surface area contributed by atoms with Gasteiger partial charge in [0.25, 0.3) is 0 Å². The minimum absolute atomic E-state index is 0.149. The fourth-order valence-electron chi connectivity index (χ4n) is 1.70. The van der Waals surface area contributed by atoms with Gasteiger partial charge in [-0.25, -0.2) is 8.42 Å². The summed E-state index contributed by atoms with van der Waals surface area (Å²) in [5.41, 5.74) is 6.82. The van der Waals surface area contributed by atoms with Gasteiger partial charge in [0.05, 0.1) is 21.5 Å². The second-order valence-electron chi connectivity index (χ2n) is 4.30. The Morgan fingerprint density at radius 2 is 1.71 bits per heavy atom. The molecule has 2 aromatic carbocycles. The third-order valence-corrected chi connectivity index (χ3v) is 4.93. The first-order chi connectivity index (χ1) is 9.78. The molecule has 0 saturated heterocycles. The molecule has 4 nitrogen and oxygen atoms in total. The van der Waals surface area contributed by atoms with Gasteiger partial charge in [-0.1, -0.05) is 57.3 Å². The SMILES string of the molecule is Nc1ccccc1CS(=O)(=O)Nc1c(Cl)cc(Br)cc1Cl. The molecule has 3 N–H and O–H groups in total. The molecule has 0 amide bonds. The molecule has 0 unspecified atom stereocenters. The van der Waals surface area contributed by atoms with Crippen LogP contribution in [0.2, 0.25) is 10.0 Å². The predicted molar refractivity (Wildman–Crippen MR) is 91.3 cm³/mol. The molecule has 2 rings (SSSR count). The van der Waals surface area contributed by atoms with E-state index in [0.29, 0.717) is 15.7 Å². The van der Waals surface area contributed by atoms with Gasteiger partial charge in [0.2, 0.25) is 10.0 Å². The summed E-state index contributed by atoms with van der Waals surface area (Å²) < 4.78 is 27.5. The average molecular weight is 410 g/mol. The summed E-state index contributed by atoms with van der Waals surface area (Å²) in [7, 11) is -3.68. The molecule has 0 aliphatic carbocycles. The summed E-state index contributed by atoms with van der Waals surface area (Å²) in [4.78, 5) is 0. The zero-order chi connectivity index (χ0) is 15.6. The monoisotopic (exact) mass is 408 g/mol. The molecular formula is C13H11BrCl2N2O2S. The van der Waals surface area contributed by atoms with Crippen LogP contribution in [-0.2, 0) is 15.8 Å². The highest BCUT2D eigenvalue weighted by molar-refractivity contribution is 9.10. The van der Waals surface area contributed by atoms with Crippen LogP contribution in [0.1, 0.15) is 5.56 Å². The van der Waals surface area contributed by atoms with Crippen LogP contribution < -0.4 is 10.5 Å². The Bertz CT molecular complexity index is 758. The number of hydrogen-bond donors (Lipinski definition) is 2. The first-order valence-corrected chi connectivity index (χ1v) is 8.97. The summed E-state index contributed by atoms with van der Waals surface area (Å²) in [5, 5.41) is 0.415. The summed E-state index contributed by atoms with van der Waals surface area (Å²) in [6.07, 6.45) is 0. The zero-order valence-corrected chi connectivity index (χ0v) is 14.5. The van der Waals surface area contributed by atoms with Crippen LogP contribution in [0.25, 0.3) is 0 Å². The highest BCUT2D eigenvalue weighted by Crippen LogP contribution is 2.34. The van der Waals surface area contributed by atoms with E-state index in [1.807, 2.05) is 0 Å². The summed E-state index contributed by atoms with van der Waals surface area (Å²) in [6.45, 7) is 0. The van der Waals surface area contributed by atoms with Gasteiger partial charge >= 0.3 is 0 Å². The number of benzene rings is 2. The highest BCUT2D eigenvalue weighted by Gasteiger charge is 2.17. The molecule has 0 aliphatic rings. The van der Waals surface area contributed by atoms with Gasteiger partial charge in [0.15, 0.2) is 0 Å².